The van der Waals surface area contributed by atoms with Crippen molar-refractivity contribution in [1.82, 2.24) is 0 Å². The van der Waals surface area contributed by atoms with Crippen LogP contribution in [0.2, 0.25) is 5.02 Å². The number of halogens is 1. The van der Waals surface area contributed by atoms with Crippen LogP contribution in [0, 0.1) is 0 Å². The molecule has 5 nitrogen and oxygen atoms in total. The summed E-state index contributed by atoms with van der Waals surface area (Å²) in [4.78, 5) is 0. The second-order valence-electron chi connectivity index (χ2n) is 3.05. The van der Waals surface area contributed by atoms with E-state index in [9.17, 15) is 8.42 Å². The Bertz CT molecular complexity index is 462. The number of hydrogen-bond donors (Lipinski definition) is 1. The number of methoxy groups -OCH3 is 1. The van der Waals surface area contributed by atoms with E-state index < -0.39 is 10.0 Å². The molecule has 0 aliphatic heterocycles. The molecule has 0 atom stereocenters. The zero-order valence-corrected chi connectivity index (χ0v) is 10.4. The van der Waals surface area contributed by atoms with E-state index in [1.54, 1.807) is 12.1 Å². The molecule has 0 fully saturated rings. The Morgan fingerprint density at radius 1 is 1.50 bits per heavy atom. The zero-order valence-electron chi connectivity index (χ0n) is 8.81. The molecule has 0 aliphatic rings. The van der Waals surface area contributed by atoms with Crippen molar-refractivity contribution in [1.29, 1.82) is 0 Å². The van der Waals surface area contributed by atoms with Crippen LogP contribution in [-0.2, 0) is 10.0 Å². The minimum Gasteiger partial charge on any atom is -0.574 e. The van der Waals surface area contributed by atoms with Gasteiger partial charge in [-0.15, -0.1) is 0 Å². The summed E-state index contributed by atoms with van der Waals surface area (Å²) in [6, 6.07) is 4.62. The fraction of sp³-hybridized carbons (Fsp3) is 0.333. The highest BCUT2D eigenvalue weighted by Crippen LogP contribution is 2.35. The summed E-state index contributed by atoms with van der Waals surface area (Å²) in [5.74, 6) is 0.278. The highest BCUT2D eigenvalue weighted by Gasteiger charge is 2.03. The number of benzene rings is 1. The standard InChI is InChI=1S/C9H12ClN2O3S/c1-15-9-3-2-7(10)6-8(9)12-16(13,14)5-4-11/h2-3,6H,4-5,11H2,1H3/q-1/p+1. The van der Waals surface area contributed by atoms with Gasteiger partial charge in [-0.1, -0.05) is 23.4 Å². The van der Waals surface area contributed by atoms with Crippen LogP contribution < -0.4 is 10.5 Å². The lowest BCUT2D eigenvalue weighted by molar-refractivity contribution is -0.360. The summed E-state index contributed by atoms with van der Waals surface area (Å²) in [6.07, 6.45) is 0. The second kappa shape index (κ2) is 5.38. The van der Waals surface area contributed by atoms with Gasteiger partial charge in [0.25, 0.3) is 0 Å². The van der Waals surface area contributed by atoms with Crippen LogP contribution in [0.4, 0.5) is 5.69 Å². The lowest BCUT2D eigenvalue weighted by Gasteiger charge is -2.23. The van der Waals surface area contributed by atoms with Gasteiger partial charge in [0.05, 0.1) is 29.4 Å². The summed E-state index contributed by atoms with van der Waals surface area (Å²) in [7, 11) is -2.07. The Kier molecular flexibility index (Phi) is 4.40. The molecule has 0 unspecified atom stereocenters. The van der Waals surface area contributed by atoms with Crippen molar-refractivity contribution in [3.05, 3.63) is 27.9 Å². The third-order valence-electron chi connectivity index (χ3n) is 1.78. The normalized spacial score (nSPS) is 11.2. The van der Waals surface area contributed by atoms with Crippen molar-refractivity contribution in [2.75, 3.05) is 19.4 Å². The largest absolute Gasteiger partial charge is 0.574 e. The first-order valence-corrected chi connectivity index (χ1v) is 6.55. The predicted octanol–water partition coefficient (Wildman–Crippen LogP) is 0.925. The smallest absolute Gasteiger partial charge is 0.104 e. The van der Waals surface area contributed by atoms with E-state index >= 15 is 0 Å². The van der Waals surface area contributed by atoms with Gasteiger partial charge in [0, 0.05) is 5.02 Å². The number of nitrogens with zero attached hydrogens (tertiary/aromatic N) is 1. The van der Waals surface area contributed by atoms with Crippen molar-refractivity contribution >= 4 is 27.3 Å². The number of sulfonamides is 1. The first-order chi connectivity index (χ1) is 7.48. The van der Waals surface area contributed by atoms with Gasteiger partial charge in [0.1, 0.15) is 5.75 Å². The number of quaternary nitrogens is 1. The van der Waals surface area contributed by atoms with Crippen LogP contribution >= 0.6 is 11.6 Å². The SMILES string of the molecule is COc1ccc(Cl)cc1[N-]S(=O)(=O)CC[NH3+]. The Balaban J connectivity index is 3.00. The monoisotopic (exact) mass is 264 g/mol. The van der Waals surface area contributed by atoms with E-state index in [0.29, 0.717) is 10.8 Å². The predicted molar refractivity (Wildman–Crippen MR) is 62.6 cm³/mol. The fourth-order valence-corrected chi connectivity index (χ4v) is 2.18. The van der Waals surface area contributed by atoms with Gasteiger partial charge in [-0.25, -0.2) is 8.42 Å². The minimum absolute atomic E-state index is 0.0946. The van der Waals surface area contributed by atoms with Gasteiger partial charge in [0.2, 0.25) is 0 Å². The van der Waals surface area contributed by atoms with E-state index in [1.165, 1.54) is 13.2 Å². The van der Waals surface area contributed by atoms with Gasteiger partial charge in [-0.05, 0) is 12.1 Å². The highest BCUT2D eigenvalue weighted by molar-refractivity contribution is 7.94. The Labute approximate surface area is 99.6 Å². The maximum atomic E-state index is 11.5. The molecule has 0 aliphatic carbocycles. The third kappa shape index (κ3) is 3.55. The summed E-state index contributed by atoms with van der Waals surface area (Å²) in [6.45, 7) is 0.273. The first kappa shape index (κ1) is 13.1. The van der Waals surface area contributed by atoms with Crippen LogP contribution in [0.1, 0.15) is 0 Å². The average molecular weight is 265 g/mol. The van der Waals surface area contributed by atoms with Crippen molar-refractivity contribution in [2.24, 2.45) is 0 Å². The van der Waals surface area contributed by atoms with E-state index in [4.69, 9.17) is 16.3 Å². The van der Waals surface area contributed by atoms with Gasteiger partial charge in [0.15, 0.2) is 0 Å². The molecule has 1 rings (SSSR count). The molecule has 0 saturated carbocycles. The topological polar surface area (TPSA) is 85.1 Å². The number of hydrogen-bond acceptors (Lipinski definition) is 3. The fourth-order valence-electron chi connectivity index (χ4n) is 1.11. The minimum atomic E-state index is -3.51. The molecule has 1 aromatic rings. The van der Waals surface area contributed by atoms with Gasteiger partial charge >= 0.3 is 0 Å². The van der Waals surface area contributed by atoms with Crippen LogP contribution in [0.5, 0.6) is 5.75 Å². The molecule has 0 amide bonds. The van der Waals surface area contributed by atoms with Crippen LogP contribution in [0.25, 0.3) is 4.72 Å². The molecule has 0 heterocycles. The van der Waals surface area contributed by atoms with Crippen molar-refractivity contribution < 1.29 is 18.9 Å². The molecule has 16 heavy (non-hydrogen) atoms. The second-order valence-corrected chi connectivity index (χ2v) is 5.24. The van der Waals surface area contributed by atoms with Crippen LogP contribution in [0.15, 0.2) is 18.2 Å². The summed E-state index contributed by atoms with van der Waals surface area (Å²) >= 11 is 5.76. The molecule has 90 valence electrons. The Morgan fingerprint density at radius 2 is 2.19 bits per heavy atom. The van der Waals surface area contributed by atoms with E-state index in [1.807, 2.05) is 0 Å². The molecule has 0 spiro atoms. The average Bonchev–Trinajstić information content (AvgIpc) is 2.17. The molecule has 7 heteroatoms. The van der Waals surface area contributed by atoms with Crippen molar-refractivity contribution in [3.8, 4) is 5.75 Å². The van der Waals surface area contributed by atoms with Gasteiger partial charge in [-0.2, -0.15) is 0 Å². The zero-order chi connectivity index (χ0) is 12.2. The summed E-state index contributed by atoms with van der Waals surface area (Å²) < 4.78 is 31.6. The lowest BCUT2D eigenvalue weighted by atomic mass is 10.3. The van der Waals surface area contributed by atoms with Crippen molar-refractivity contribution in [3.63, 3.8) is 0 Å². The van der Waals surface area contributed by atoms with E-state index in [-0.39, 0.29) is 18.0 Å². The highest BCUT2D eigenvalue weighted by atomic mass is 35.5. The molecule has 0 aromatic heterocycles. The van der Waals surface area contributed by atoms with E-state index in [0.717, 1.165) is 0 Å². The molecule has 0 radical (unpaired) electrons. The number of ether oxygens (including phenoxy) is 1. The van der Waals surface area contributed by atoms with Gasteiger partial charge < -0.3 is 15.2 Å². The molecular formula is C9H13ClN2O3S. The van der Waals surface area contributed by atoms with Crippen LogP contribution in [-0.4, -0.2) is 27.8 Å². The van der Waals surface area contributed by atoms with Gasteiger partial charge in [-0.3, -0.25) is 0 Å². The molecule has 0 bridgehead atoms. The molecular weight excluding hydrogens is 252 g/mol. The molecule has 1 aromatic carbocycles. The summed E-state index contributed by atoms with van der Waals surface area (Å²) in [5, 5.41) is 0.407. The maximum Gasteiger partial charge on any atom is 0.104 e. The third-order valence-corrected chi connectivity index (χ3v) is 3.30. The molecule has 0 saturated heterocycles. The Hall–Kier alpha value is -0.980. The maximum absolute atomic E-state index is 11.5. The van der Waals surface area contributed by atoms with E-state index in [2.05, 4.69) is 10.5 Å². The first-order valence-electron chi connectivity index (χ1n) is 4.57. The summed E-state index contributed by atoms with van der Waals surface area (Å²) in [5.41, 5.74) is 3.69. The molecule has 3 N–H and O–H groups in total. The van der Waals surface area contributed by atoms with Crippen molar-refractivity contribution in [2.45, 2.75) is 0 Å². The Morgan fingerprint density at radius 3 is 2.75 bits per heavy atom. The lowest BCUT2D eigenvalue weighted by Crippen LogP contribution is -2.52. The number of rotatable bonds is 5. The van der Waals surface area contributed by atoms with Crippen LogP contribution in [0.3, 0.4) is 0 Å². The quantitative estimate of drug-likeness (QED) is 0.858.